The van der Waals surface area contributed by atoms with Crippen LogP contribution in [0, 0.1) is 11.3 Å². The first-order valence-electron chi connectivity index (χ1n) is 5.02. The second-order valence-corrected chi connectivity index (χ2v) is 4.78. The number of nitriles is 1. The Morgan fingerprint density at radius 3 is 3.07 bits per heavy atom. The van der Waals surface area contributed by atoms with Gasteiger partial charge >= 0.3 is 0 Å². The van der Waals surface area contributed by atoms with Gasteiger partial charge in [0.1, 0.15) is 11.9 Å². The molecule has 1 atom stereocenters. The largest absolute Gasteiger partial charge is 0.352 e. The van der Waals surface area contributed by atoms with E-state index in [1.54, 1.807) is 6.20 Å². The number of thioether (sulfide) groups is 1. The van der Waals surface area contributed by atoms with Crippen LogP contribution in [-0.4, -0.2) is 29.1 Å². The summed E-state index contributed by atoms with van der Waals surface area (Å²) < 4.78 is 0. The van der Waals surface area contributed by atoms with Crippen LogP contribution in [0.25, 0.3) is 0 Å². The van der Waals surface area contributed by atoms with E-state index in [4.69, 9.17) is 5.26 Å². The molecule has 4 heteroatoms. The van der Waals surface area contributed by atoms with Crippen molar-refractivity contribution < 1.29 is 0 Å². The van der Waals surface area contributed by atoms with Crippen LogP contribution in [0.15, 0.2) is 18.3 Å². The van der Waals surface area contributed by atoms with Crippen molar-refractivity contribution in [1.29, 1.82) is 5.26 Å². The first kappa shape index (κ1) is 10.3. The summed E-state index contributed by atoms with van der Waals surface area (Å²) in [6, 6.07) is 6.38. The third-order valence-electron chi connectivity index (χ3n) is 2.54. The molecule has 0 amide bonds. The summed E-state index contributed by atoms with van der Waals surface area (Å²) in [5.74, 6) is 3.30. The van der Waals surface area contributed by atoms with Crippen LogP contribution in [0.5, 0.6) is 0 Å². The van der Waals surface area contributed by atoms with E-state index in [1.807, 2.05) is 23.9 Å². The van der Waals surface area contributed by atoms with Gasteiger partial charge < -0.3 is 4.90 Å². The fourth-order valence-electron chi connectivity index (χ4n) is 1.69. The van der Waals surface area contributed by atoms with Crippen molar-refractivity contribution in [3.8, 4) is 6.07 Å². The van der Waals surface area contributed by atoms with Crippen molar-refractivity contribution >= 4 is 17.6 Å². The van der Waals surface area contributed by atoms with Crippen LogP contribution in [0.2, 0.25) is 0 Å². The van der Waals surface area contributed by atoms with E-state index in [-0.39, 0.29) is 0 Å². The van der Waals surface area contributed by atoms with Crippen LogP contribution in [0.4, 0.5) is 5.82 Å². The fraction of sp³-hybridized carbons (Fsp3) is 0.455. The normalized spacial score (nSPS) is 21.1. The number of hydrogen-bond donors (Lipinski definition) is 0. The third-order valence-corrected chi connectivity index (χ3v) is 3.73. The standard InChI is InChI=1S/C11H13N3S/c1-9-8-15-5-4-14(9)11-3-2-10(6-12)7-13-11/h2-3,7,9H,4-5,8H2,1H3. The smallest absolute Gasteiger partial charge is 0.128 e. The van der Waals surface area contributed by atoms with Gasteiger partial charge in [0.15, 0.2) is 0 Å². The molecule has 2 rings (SSSR count). The summed E-state index contributed by atoms with van der Waals surface area (Å²) in [6.45, 7) is 3.26. The topological polar surface area (TPSA) is 39.9 Å². The van der Waals surface area contributed by atoms with Crippen molar-refractivity contribution in [2.75, 3.05) is 23.0 Å². The molecule has 0 spiro atoms. The van der Waals surface area contributed by atoms with Crippen molar-refractivity contribution in [1.82, 2.24) is 4.98 Å². The quantitative estimate of drug-likeness (QED) is 0.723. The highest BCUT2D eigenvalue weighted by Crippen LogP contribution is 2.21. The molecule has 1 saturated heterocycles. The Hall–Kier alpha value is -1.21. The van der Waals surface area contributed by atoms with E-state index in [0.717, 1.165) is 23.9 Å². The minimum absolute atomic E-state index is 0.532. The van der Waals surface area contributed by atoms with E-state index >= 15 is 0 Å². The zero-order chi connectivity index (χ0) is 10.7. The summed E-state index contributed by atoms with van der Waals surface area (Å²) in [5, 5.41) is 8.68. The Balaban J connectivity index is 2.18. The predicted octanol–water partition coefficient (Wildman–Crippen LogP) is 1.89. The highest BCUT2D eigenvalue weighted by Gasteiger charge is 2.19. The molecule has 0 aromatic carbocycles. The molecule has 78 valence electrons. The van der Waals surface area contributed by atoms with Gasteiger partial charge in [-0.05, 0) is 19.1 Å². The summed E-state index contributed by atoms with van der Waals surface area (Å²) in [6.07, 6.45) is 1.64. The van der Waals surface area contributed by atoms with Gasteiger partial charge in [0, 0.05) is 30.3 Å². The predicted molar refractivity (Wildman–Crippen MR) is 63.1 cm³/mol. The zero-order valence-corrected chi connectivity index (χ0v) is 9.50. The van der Waals surface area contributed by atoms with Crippen LogP contribution in [-0.2, 0) is 0 Å². The first-order chi connectivity index (χ1) is 7.31. The molecular weight excluding hydrogens is 206 g/mol. The SMILES string of the molecule is CC1CSCCN1c1ccc(C#N)cn1. The molecule has 1 aliphatic heterocycles. The highest BCUT2D eigenvalue weighted by molar-refractivity contribution is 7.99. The Kier molecular flexibility index (Phi) is 3.12. The molecule has 2 heterocycles. The molecular formula is C11H13N3S. The van der Waals surface area contributed by atoms with E-state index in [0.29, 0.717) is 11.6 Å². The minimum atomic E-state index is 0.532. The van der Waals surface area contributed by atoms with E-state index in [1.165, 1.54) is 0 Å². The summed E-state index contributed by atoms with van der Waals surface area (Å²) in [5.41, 5.74) is 0.623. The lowest BCUT2D eigenvalue weighted by Gasteiger charge is -2.33. The second-order valence-electron chi connectivity index (χ2n) is 3.63. The third kappa shape index (κ3) is 2.24. The van der Waals surface area contributed by atoms with Gasteiger partial charge in [-0.1, -0.05) is 0 Å². The molecule has 3 nitrogen and oxygen atoms in total. The van der Waals surface area contributed by atoms with Crippen molar-refractivity contribution in [2.45, 2.75) is 13.0 Å². The van der Waals surface area contributed by atoms with Gasteiger partial charge in [-0.3, -0.25) is 0 Å². The number of aromatic nitrogens is 1. The maximum Gasteiger partial charge on any atom is 0.128 e. The van der Waals surface area contributed by atoms with Crippen LogP contribution < -0.4 is 4.90 Å². The van der Waals surface area contributed by atoms with Gasteiger partial charge in [0.25, 0.3) is 0 Å². The van der Waals surface area contributed by atoms with E-state index < -0.39 is 0 Å². The lowest BCUT2D eigenvalue weighted by molar-refractivity contribution is 0.690. The molecule has 0 N–H and O–H groups in total. The molecule has 15 heavy (non-hydrogen) atoms. The number of rotatable bonds is 1. The van der Waals surface area contributed by atoms with Crippen LogP contribution >= 0.6 is 11.8 Å². The Morgan fingerprint density at radius 1 is 1.60 bits per heavy atom. The molecule has 0 bridgehead atoms. The second kappa shape index (κ2) is 4.54. The Morgan fingerprint density at radius 2 is 2.47 bits per heavy atom. The number of pyridine rings is 1. The van der Waals surface area contributed by atoms with E-state index in [9.17, 15) is 0 Å². The molecule has 0 saturated carbocycles. The number of nitrogens with zero attached hydrogens (tertiary/aromatic N) is 3. The fourth-order valence-corrected chi connectivity index (χ4v) is 2.70. The van der Waals surface area contributed by atoms with Gasteiger partial charge in [0.05, 0.1) is 5.56 Å². The van der Waals surface area contributed by atoms with Crippen molar-refractivity contribution in [2.24, 2.45) is 0 Å². The summed E-state index contributed by atoms with van der Waals surface area (Å²) in [7, 11) is 0. The molecule has 0 aliphatic carbocycles. The molecule has 1 aromatic heterocycles. The molecule has 1 aromatic rings. The average Bonchev–Trinajstić information content (AvgIpc) is 2.30. The minimum Gasteiger partial charge on any atom is -0.352 e. The summed E-state index contributed by atoms with van der Waals surface area (Å²) >= 11 is 1.99. The molecule has 1 fully saturated rings. The van der Waals surface area contributed by atoms with Gasteiger partial charge in [-0.15, -0.1) is 0 Å². The number of hydrogen-bond acceptors (Lipinski definition) is 4. The van der Waals surface area contributed by atoms with Crippen molar-refractivity contribution in [3.05, 3.63) is 23.9 Å². The molecule has 1 aliphatic rings. The maximum absolute atomic E-state index is 8.68. The summed E-state index contributed by atoms with van der Waals surface area (Å²) in [4.78, 5) is 6.62. The first-order valence-corrected chi connectivity index (χ1v) is 6.17. The average molecular weight is 219 g/mol. The Labute approximate surface area is 94.1 Å². The van der Waals surface area contributed by atoms with Gasteiger partial charge in [-0.2, -0.15) is 17.0 Å². The highest BCUT2D eigenvalue weighted by atomic mass is 32.2. The lowest BCUT2D eigenvalue weighted by Crippen LogP contribution is -2.40. The van der Waals surface area contributed by atoms with Crippen molar-refractivity contribution in [3.63, 3.8) is 0 Å². The van der Waals surface area contributed by atoms with Gasteiger partial charge in [0.2, 0.25) is 0 Å². The van der Waals surface area contributed by atoms with Crippen LogP contribution in [0.3, 0.4) is 0 Å². The molecule has 0 radical (unpaired) electrons. The maximum atomic E-state index is 8.68. The van der Waals surface area contributed by atoms with Gasteiger partial charge in [-0.25, -0.2) is 4.98 Å². The zero-order valence-electron chi connectivity index (χ0n) is 8.68. The lowest BCUT2D eigenvalue weighted by atomic mass is 10.2. The van der Waals surface area contributed by atoms with Crippen LogP contribution in [0.1, 0.15) is 12.5 Å². The Bertz CT molecular complexity index is 368. The number of anilines is 1. The van der Waals surface area contributed by atoms with E-state index in [2.05, 4.69) is 22.9 Å². The molecule has 1 unspecified atom stereocenters. The monoisotopic (exact) mass is 219 g/mol.